The summed E-state index contributed by atoms with van der Waals surface area (Å²) in [4.78, 5) is 32.9. The van der Waals surface area contributed by atoms with Crippen LogP contribution in [0.15, 0.2) is 60.8 Å². The van der Waals surface area contributed by atoms with Gasteiger partial charge in [0.2, 0.25) is 5.78 Å². The van der Waals surface area contributed by atoms with Gasteiger partial charge >= 0.3 is 0 Å². The van der Waals surface area contributed by atoms with Crippen molar-refractivity contribution in [3.05, 3.63) is 87.2 Å². The molecular formula is C25H28N4O2S2. The molecule has 0 aliphatic carbocycles. The van der Waals surface area contributed by atoms with Gasteiger partial charge in [-0.05, 0) is 67.9 Å². The number of nitrogens with one attached hydrogen (secondary N) is 2. The molecule has 4 N–H and O–H groups in total. The van der Waals surface area contributed by atoms with E-state index in [1.165, 1.54) is 21.8 Å². The fourth-order valence-corrected chi connectivity index (χ4v) is 5.86. The third kappa shape index (κ3) is 4.59. The first-order chi connectivity index (χ1) is 16.1. The summed E-state index contributed by atoms with van der Waals surface area (Å²) in [7, 11) is 0. The molecule has 0 bridgehead atoms. The Kier molecular flexibility index (Phi) is 6.04. The van der Waals surface area contributed by atoms with E-state index in [4.69, 9.17) is 5.73 Å². The number of carbonyl (C=O) groups excluding carboxylic acids is 2. The Bertz CT molecular complexity index is 1320. The second-order valence-corrected chi connectivity index (χ2v) is 10.00. The number of nitrogens with two attached hydrogens (primary N) is 1. The molecule has 8 heteroatoms. The van der Waals surface area contributed by atoms with Gasteiger partial charge in [0.25, 0.3) is 5.91 Å². The Morgan fingerprint density at radius 3 is 2.70 bits per heavy atom. The number of rotatable bonds is 5. The summed E-state index contributed by atoms with van der Waals surface area (Å²) >= 11 is 2.98. The molecular weight excluding hydrogens is 452 g/mol. The zero-order valence-corrected chi connectivity index (χ0v) is 19.4. The van der Waals surface area contributed by atoms with Gasteiger partial charge in [-0.2, -0.15) is 0 Å². The molecule has 1 amide bonds. The van der Waals surface area contributed by atoms with E-state index < -0.39 is 0 Å². The van der Waals surface area contributed by atoms with Crippen LogP contribution >= 0.6 is 22.7 Å². The van der Waals surface area contributed by atoms with Gasteiger partial charge in [0.15, 0.2) is 0 Å². The Labute approximate surface area is 204 Å². The maximum atomic E-state index is 13.2. The second kappa shape index (κ2) is 9.27. The van der Waals surface area contributed by atoms with Crippen LogP contribution in [0, 0.1) is 0 Å². The first-order valence-electron chi connectivity index (χ1n) is 10.7. The van der Waals surface area contributed by atoms with Crippen molar-refractivity contribution < 1.29 is 13.9 Å². The molecule has 3 aromatic heterocycles. The maximum Gasteiger partial charge on any atom is 0.256 e. The number of ketones is 1. The third-order valence-electron chi connectivity index (χ3n) is 5.55. The molecule has 0 atom stereocenters. The predicted molar refractivity (Wildman–Crippen MR) is 141 cm³/mol. The van der Waals surface area contributed by atoms with Crippen molar-refractivity contribution in [2.75, 3.05) is 24.1 Å². The lowest BCUT2D eigenvalue weighted by atomic mass is 10.1. The van der Waals surface area contributed by atoms with Crippen LogP contribution in [0.3, 0.4) is 0 Å². The van der Waals surface area contributed by atoms with Crippen LogP contribution in [-0.4, -0.2) is 29.8 Å². The molecule has 0 radical (unpaired) electrons. The van der Waals surface area contributed by atoms with Crippen LogP contribution in [0.1, 0.15) is 40.3 Å². The lowest BCUT2D eigenvalue weighted by Crippen LogP contribution is -2.16. The fraction of sp³-hybridized carbons (Fsp3) is 0.160. The van der Waals surface area contributed by atoms with Gasteiger partial charge < -0.3 is 16.4 Å². The standard InChI is InChI=1S/C25H22N4O2S2.3H2/c26-24-18(12-17(14-28-24)21-13-16-8-10-27-11-9-19(16)32-21)23(30)20-6-7-22(33-20)29-25(31)15-4-2-1-3-5-15;;;/h1-7,12-14,27H,8-11H2,(H2,26,28)(H,29,31);3*1H. The average Bonchev–Trinajstić information content (AvgIpc) is 3.41. The summed E-state index contributed by atoms with van der Waals surface area (Å²) in [6, 6.07) is 16.4. The maximum absolute atomic E-state index is 13.2. The first-order valence-corrected chi connectivity index (χ1v) is 12.3. The number of hydrogen-bond donors (Lipinski definition) is 3. The molecule has 0 unspecified atom stereocenters. The number of hydrogen-bond acceptors (Lipinski definition) is 7. The predicted octanol–water partition coefficient (Wildman–Crippen LogP) is 5.36. The summed E-state index contributed by atoms with van der Waals surface area (Å²) < 4.78 is 0. The van der Waals surface area contributed by atoms with E-state index >= 15 is 0 Å². The van der Waals surface area contributed by atoms with E-state index in [2.05, 4.69) is 21.7 Å². The Morgan fingerprint density at radius 2 is 1.85 bits per heavy atom. The van der Waals surface area contributed by atoms with E-state index in [0.717, 1.165) is 36.4 Å². The quantitative estimate of drug-likeness (QED) is 0.334. The van der Waals surface area contributed by atoms with Crippen molar-refractivity contribution in [1.82, 2.24) is 10.3 Å². The smallest absolute Gasteiger partial charge is 0.256 e. The molecule has 1 aliphatic rings. The van der Waals surface area contributed by atoms with Crippen LogP contribution in [0.4, 0.5) is 10.8 Å². The highest BCUT2D eigenvalue weighted by Crippen LogP contribution is 2.34. The van der Waals surface area contributed by atoms with Crippen molar-refractivity contribution in [3.8, 4) is 10.4 Å². The van der Waals surface area contributed by atoms with Crippen molar-refractivity contribution in [1.29, 1.82) is 0 Å². The van der Waals surface area contributed by atoms with Crippen LogP contribution in [0.2, 0.25) is 0 Å². The number of amides is 1. The van der Waals surface area contributed by atoms with Crippen molar-refractivity contribution in [3.63, 3.8) is 0 Å². The van der Waals surface area contributed by atoms with Crippen LogP contribution in [0.5, 0.6) is 0 Å². The highest BCUT2D eigenvalue weighted by atomic mass is 32.1. The number of aromatic nitrogens is 1. The molecule has 1 aliphatic heterocycles. The highest BCUT2D eigenvalue weighted by molar-refractivity contribution is 7.18. The van der Waals surface area contributed by atoms with Crippen molar-refractivity contribution in [2.24, 2.45) is 0 Å². The van der Waals surface area contributed by atoms with Gasteiger partial charge in [-0.1, -0.05) is 18.2 Å². The topological polar surface area (TPSA) is 97.1 Å². The SMILES string of the molecule is Nc1ncc(-c2cc3c(s2)CCNCC3)cc1C(=O)c1ccc(NC(=O)c2ccccc2)s1.[HH].[HH].[HH]. The highest BCUT2D eigenvalue weighted by Gasteiger charge is 2.19. The largest absolute Gasteiger partial charge is 0.383 e. The molecule has 0 saturated carbocycles. The molecule has 1 aromatic carbocycles. The summed E-state index contributed by atoms with van der Waals surface area (Å²) in [6.07, 6.45) is 3.75. The lowest BCUT2D eigenvalue weighted by molar-refractivity contribution is 0.102. The number of carbonyl (C=O) groups is 2. The average molecular weight is 481 g/mol. The number of nitrogens with zero attached hydrogens (tertiary/aromatic N) is 1. The molecule has 5 rings (SSSR count). The zero-order chi connectivity index (χ0) is 22.8. The molecule has 0 spiro atoms. The summed E-state index contributed by atoms with van der Waals surface area (Å²) in [5, 5.41) is 6.87. The minimum absolute atomic E-state index is 0. The van der Waals surface area contributed by atoms with Gasteiger partial charge in [0, 0.05) is 31.4 Å². The minimum Gasteiger partial charge on any atom is -0.383 e. The Morgan fingerprint density at radius 1 is 1.03 bits per heavy atom. The summed E-state index contributed by atoms with van der Waals surface area (Å²) in [5.41, 5.74) is 9.28. The molecule has 6 nitrogen and oxygen atoms in total. The Balaban J connectivity index is 0.00000152. The van der Waals surface area contributed by atoms with Crippen molar-refractivity contribution in [2.45, 2.75) is 12.8 Å². The molecule has 4 aromatic rings. The van der Waals surface area contributed by atoms with E-state index in [1.807, 2.05) is 24.3 Å². The molecule has 4 heterocycles. The number of benzene rings is 1. The van der Waals surface area contributed by atoms with Gasteiger partial charge in [0.1, 0.15) is 5.82 Å². The number of fused-ring (bicyclic) bond motifs is 1. The normalized spacial score (nSPS) is 13.2. The van der Waals surface area contributed by atoms with Crippen LogP contribution < -0.4 is 16.4 Å². The van der Waals surface area contributed by atoms with E-state index in [-0.39, 0.29) is 21.8 Å². The summed E-state index contributed by atoms with van der Waals surface area (Å²) in [6.45, 7) is 1.96. The number of thiophene rings is 2. The molecule has 0 fully saturated rings. The fourth-order valence-electron chi connectivity index (χ4n) is 3.81. The van der Waals surface area contributed by atoms with Crippen LogP contribution in [-0.2, 0) is 12.8 Å². The molecule has 172 valence electrons. The molecule has 0 saturated heterocycles. The van der Waals surface area contributed by atoms with Gasteiger partial charge in [-0.3, -0.25) is 9.59 Å². The number of anilines is 2. The van der Waals surface area contributed by atoms with E-state index in [1.54, 1.807) is 41.8 Å². The van der Waals surface area contributed by atoms with Gasteiger partial charge in [-0.25, -0.2) is 4.98 Å². The zero-order valence-electron chi connectivity index (χ0n) is 17.8. The third-order valence-corrected chi connectivity index (χ3v) is 7.83. The van der Waals surface area contributed by atoms with E-state index in [0.29, 0.717) is 21.0 Å². The molecule has 33 heavy (non-hydrogen) atoms. The van der Waals surface area contributed by atoms with Crippen LogP contribution in [0.25, 0.3) is 10.4 Å². The number of pyridine rings is 1. The Hall–Kier alpha value is -3.33. The first kappa shape index (κ1) is 21.5. The second-order valence-electron chi connectivity index (χ2n) is 7.78. The minimum atomic E-state index is -0.215. The lowest BCUT2D eigenvalue weighted by Gasteiger charge is -2.06. The van der Waals surface area contributed by atoms with Crippen molar-refractivity contribution >= 4 is 45.2 Å². The summed E-state index contributed by atoms with van der Waals surface area (Å²) in [5.74, 6) is -0.212. The van der Waals surface area contributed by atoms with Gasteiger partial charge in [0.05, 0.1) is 15.4 Å². The van der Waals surface area contributed by atoms with E-state index in [9.17, 15) is 9.59 Å². The monoisotopic (exact) mass is 480 g/mol. The number of nitrogen functional groups attached to an aromatic ring is 1. The van der Waals surface area contributed by atoms with Gasteiger partial charge in [-0.15, -0.1) is 22.7 Å².